The predicted molar refractivity (Wildman–Crippen MR) is 369 cm³/mol. The van der Waals surface area contributed by atoms with Crippen molar-refractivity contribution in [2.45, 2.75) is 18.3 Å². The fraction of sp³-hybridized carbons (Fsp3) is 0.0353. The lowest BCUT2D eigenvalue weighted by Crippen LogP contribution is -2.23. The maximum absolute atomic E-state index is 2.51. The van der Waals surface area contributed by atoms with E-state index in [1.54, 1.807) is 0 Å². The summed E-state index contributed by atoms with van der Waals surface area (Å²) in [6.45, 7) is 0. The molecule has 16 aromatic rings. The Bertz CT molecular complexity index is 5260. The lowest BCUT2D eigenvalue weighted by Gasteiger charge is -2.29. The van der Waals surface area contributed by atoms with Crippen LogP contribution in [0.3, 0.4) is 0 Å². The summed E-state index contributed by atoms with van der Waals surface area (Å²) in [5, 5.41) is 12.6. The maximum atomic E-state index is 2.51. The van der Waals surface area contributed by atoms with Crippen molar-refractivity contribution < 1.29 is 0 Å². The van der Waals surface area contributed by atoms with Gasteiger partial charge >= 0.3 is 0 Å². The van der Waals surface area contributed by atoms with Crippen molar-refractivity contribution in [2.24, 2.45) is 0 Å². The summed E-state index contributed by atoms with van der Waals surface area (Å²) in [6.07, 6.45) is 11.2. The van der Waals surface area contributed by atoms with Gasteiger partial charge in [-0.25, -0.2) is 0 Å². The average Bonchev–Trinajstić information content (AvgIpc) is 1.56. The second kappa shape index (κ2) is 19.5. The molecular weight excluding hydrogens is 1050 g/mol. The zero-order chi connectivity index (χ0) is 57.2. The number of rotatable bonds is 8. The minimum atomic E-state index is -0.258. The molecule has 87 heavy (non-hydrogen) atoms. The van der Waals surface area contributed by atoms with Crippen LogP contribution in [-0.4, -0.2) is 9.13 Å². The Labute approximate surface area is 505 Å². The lowest BCUT2D eigenvalue weighted by atomic mass is 9.72. The first-order chi connectivity index (χ1) is 43.1. The van der Waals surface area contributed by atoms with Crippen molar-refractivity contribution in [2.75, 3.05) is 0 Å². The molecule has 0 fully saturated rings. The monoisotopic (exact) mass is 1100 g/mol. The standard InChI is InChI=1S/C85H56N2/c1-2-16-64-54-76-67(51-63(64)15-1)47-48-85(76)77-49-57(29-27-55-31-37-59(38-32-55)65-41-45-83-74(52-65)72-21-7-9-23-81(72)86(83)79-25-11-17-61-13-3-5-19-68(61)79)35-43-70(77)71-44-36-58(50-78(71)85)30-28-56-33-39-60(40-34-56)66-42-46-84-75(53-66)73-22-8-10-24-82(73)87(84)80-26-12-18-62-14-4-6-20-69(62)80/h1-46,49-54H,47-48H2/b29-27+,30-28+. The molecule has 0 unspecified atom stereocenters. The summed E-state index contributed by atoms with van der Waals surface area (Å²) in [7, 11) is 0. The highest BCUT2D eigenvalue weighted by atomic mass is 15.0. The van der Waals surface area contributed by atoms with Crippen LogP contribution in [0.4, 0.5) is 0 Å². The first kappa shape index (κ1) is 49.4. The Morgan fingerprint density at radius 3 is 1.16 bits per heavy atom. The number of hydrogen-bond acceptors (Lipinski definition) is 0. The fourth-order valence-corrected chi connectivity index (χ4v) is 15.1. The largest absolute Gasteiger partial charge is 0.309 e. The normalized spacial score (nSPS) is 13.4. The summed E-state index contributed by atoms with van der Waals surface area (Å²) >= 11 is 0. The summed E-state index contributed by atoms with van der Waals surface area (Å²) in [6, 6.07) is 108. The molecule has 2 aliphatic carbocycles. The van der Waals surface area contributed by atoms with Crippen molar-refractivity contribution in [3.8, 4) is 44.8 Å². The van der Waals surface area contributed by atoms with E-state index in [9.17, 15) is 0 Å². The molecule has 2 aliphatic rings. The number of benzene rings is 14. The van der Waals surface area contributed by atoms with Gasteiger partial charge in [0.1, 0.15) is 0 Å². The summed E-state index contributed by atoms with van der Waals surface area (Å²) < 4.78 is 4.87. The Kier molecular flexibility index (Phi) is 11.1. The zero-order valence-corrected chi connectivity index (χ0v) is 47.8. The van der Waals surface area contributed by atoms with E-state index in [-0.39, 0.29) is 5.41 Å². The minimum absolute atomic E-state index is 0.258. The molecule has 18 rings (SSSR count). The third-order valence-electron chi connectivity index (χ3n) is 19.3. The molecule has 0 amide bonds. The van der Waals surface area contributed by atoms with Gasteiger partial charge in [-0.2, -0.15) is 0 Å². The number of hydrogen-bond donors (Lipinski definition) is 0. The molecule has 0 bridgehead atoms. The van der Waals surface area contributed by atoms with E-state index in [1.165, 1.54) is 165 Å². The van der Waals surface area contributed by atoms with E-state index in [2.05, 4.69) is 325 Å². The molecule has 2 nitrogen and oxygen atoms in total. The molecule has 0 radical (unpaired) electrons. The maximum Gasteiger partial charge on any atom is 0.0541 e. The van der Waals surface area contributed by atoms with E-state index in [1.807, 2.05) is 0 Å². The molecular formula is C85H56N2. The van der Waals surface area contributed by atoms with Crippen LogP contribution in [0.1, 0.15) is 50.9 Å². The van der Waals surface area contributed by atoms with Crippen LogP contribution in [0.5, 0.6) is 0 Å². The van der Waals surface area contributed by atoms with E-state index in [0.717, 1.165) is 12.8 Å². The van der Waals surface area contributed by atoms with Crippen LogP contribution >= 0.6 is 0 Å². The zero-order valence-electron chi connectivity index (χ0n) is 47.8. The van der Waals surface area contributed by atoms with Crippen LogP contribution in [-0.2, 0) is 11.8 Å². The molecule has 0 saturated carbocycles. The molecule has 0 aliphatic heterocycles. The Morgan fingerprint density at radius 2 is 0.655 bits per heavy atom. The van der Waals surface area contributed by atoms with Crippen molar-refractivity contribution in [1.29, 1.82) is 0 Å². The van der Waals surface area contributed by atoms with Gasteiger partial charge in [-0.3, -0.25) is 0 Å². The lowest BCUT2D eigenvalue weighted by molar-refractivity contribution is 0.626. The Balaban J connectivity index is 0.646. The number of aryl methyl sites for hydroxylation is 1. The van der Waals surface area contributed by atoms with Gasteiger partial charge < -0.3 is 9.13 Å². The molecule has 0 saturated heterocycles. The minimum Gasteiger partial charge on any atom is -0.309 e. The Morgan fingerprint density at radius 1 is 0.264 bits per heavy atom. The molecule has 0 N–H and O–H groups in total. The van der Waals surface area contributed by atoms with Gasteiger partial charge in [0, 0.05) is 37.7 Å². The van der Waals surface area contributed by atoms with Crippen LogP contribution in [0.15, 0.2) is 291 Å². The third-order valence-corrected chi connectivity index (χ3v) is 19.3. The number of para-hydroxylation sites is 2. The quantitative estimate of drug-likeness (QED) is 0.134. The fourth-order valence-electron chi connectivity index (χ4n) is 15.1. The van der Waals surface area contributed by atoms with Crippen molar-refractivity contribution in [1.82, 2.24) is 9.13 Å². The topological polar surface area (TPSA) is 9.86 Å². The molecule has 1 spiro atoms. The highest BCUT2D eigenvalue weighted by Gasteiger charge is 2.48. The second-order valence-corrected chi connectivity index (χ2v) is 23.9. The predicted octanol–water partition coefficient (Wildman–Crippen LogP) is 22.3. The highest BCUT2D eigenvalue weighted by molar-refractivity contribution is 6.13. The van der Waals surface area contributed by atoms with Gasteiger partial charge in [-0.05, 0) is 179 Å². The third kappa shape index (κ3) is 7.81. The van der Waals surface area contributed by atoms with Gasteiger partial charge in [0.2, 0.25) is 0 Å². The van der Waals surface area contributed by atoms with Gasteiger partial charge in [-0.15, -0.1) is 0 Å². The van der Waals surface area contributed by atoms with Gasteiger partial charge in [-0.1, -0.05) is 249 Å². The van der Waals surface area contributed by atoms with E-state index in [0.29, 0.717) is 0 Å². The molecule has 406 valence electrons. The molecule has 2 aromatic heterocycles. The number of nitrogens with zero attached hydrogens (tertiary/aromatic N) is 2. The molecule has 0 atom stereocenters. The van der Waals surface area contributed by atoms with Crippen LogP contribution in [0, 0.1) is 0 Å². The van der Waals surface area contributed by atoms with Crippen molar-refractivity contribution >= 4 is 100 Å². The first-order valence-corrected chi connectivity index (χ1v) is 30.5. The molecule has 2 heteroatoms. The van der Waals surface area contributed by atoms with Crippen LogP contribution in [0.25, 0.3) is 145 Å². The second-order valence-electron chi connectivity index (χ2n) is 23.9. The van der Waals surface area contributed by atoms with Crippen LogP contribution in [0.2, 0.25) is 0 Å². The first-order valence-electron chi connectivity index (χ1n) is 30.5. The molecule has 14 aromatic carbocycles. The van der Waals surface area contributed by atoms with Gasteiger partial charge in [0.05, 0.1) is 33.4 Å². The van der Waals surface area contributed by atoms with E-state index in [4.69, 9.17) is 0 Å². The smallest absolute Gasteiger partial charge is 0.0541 e. The van der Waals surface area contributed by atoms with Crippen molar-refractivity contribution in [3.05, 3.63) is 336 Å². The number of aromatic nitrogens is 2. The summed E-state index contributed by atoms with van der Waals surface area (Å²) in [5.74, 6) is 0. The van der Waals surface area contributed by atoms with E-state index < -0.39 is 0 Å². The Hall–Kier alpha value is -11.1. The summed E-state index contributed by atoms with van der Waals surface area (Å²) in [4.78, 5) is 0. The summed E-state index contributed by atoms with van der Waals surface area (Å²) in [5.41, 5.74) is 25.0. The van der Waals surface area contributed by atoms with Crippen molar-refractivity contribution in [3.63, 3.8) is 0 Å². The SMILES string of the molecule is C(=C\c1ccc2c(c1)C1(CCc3cc4ccccc4cc31)c1cc(/C=C/c3ccc(-c4ccc5c(c4)c4ccccc4n5-c4cccc5ccccc45)cc3)ccc1-2)/c1ccc(-c2ccc3c(c2)c2ccccc2n3-c2cccc3ccccc23)cc1. The van der Waals surface area contributed by atoms with Crippen LogP contribution < -0.4 is 0 Å². The number of fused-ring (bicyclic) bond motifs is 16. The van der Waals surface area contributed by atoms with Gasteiger partial charge in [0.15, 0.2) is 0 Å². The van der Waals surface area contributed by atoms with Gasteiger partial charge in [0.25, 0.3) is 0 Å². The van der Waals surface area contributed by atoms with E-state index >= 15 is 0 Å². The molecule has 2 heterocycles. The average molecular weight is 1110 g/mol. The highest BCUT2D eigenvalue weighted by Crippen LogP contribution is 2.59.